The number of rotatable bonds is 3. The van der Waals surface area contributed by atoms with Gasteiger partial charge in [0.15, 0.2) is 11.5 Å². The van der Waals surface area contributed by atoms with Crippen molar-refractivity contribution in [2.45, 2.75) is 71.3 Å². The van der Waals surface area contributed by atoms with Crippen molar-refractivity contribution >= 4 is 11.9 Å². The Morgan fingerprint density at radius 3 is 2.50 bits per heavy atom. The zero-order valence-electron chi connectivity index (χ0n) is 17.2. The molecule has 0 aliphatic heterocycles. The molecule has 0 N–H and O–H groups in total. The van der Waals surface area contributed by atoms with E-state index in [1.54, 1.807) is 7.11 Å². The lowest BCUT2D eigenvalue weighted by atomic mass is 9.55. The Labute approximate surface area is 166 Å². The van der Waals surface area contributed by atoms with E-state index in [2.05, 4.69) is 13.0 Å². The van der Waals surface area contributed by atoms with Crippen LogP contribution in [0.3, 0.4) is 0 Å². The predicted octanol–water partition coefficient (Wildman–Crippen LogP) is 4.41. The van der Waals surface area contributed by atoms with Crippen LogP contribution < -0.4 is 9.47 Å². The average Bonchev–Trinajstić information content (AvgIpc) is 2.96. The van der Waals surface area contributed by atoms with E-state index in [1.807, 2.05) is 6.07 Å². The first-order valence-corrected chi connectivity index (χ1v) is 10.4. The van der Waals surface area contributed by atoms with Gasteiger partial charge in [0.05, 0.1) is 7.11 Å². The Kier molecular flexibility index (Phi) is 4.88. The van der Waals surface area contributed by atoms with Crippen LogP contribution in [0.15, 0.2) is 12.1 Å². The summed E-state index contributed by atoms with van der Waals surface area (Å²) in [4.78, 5) is 23.0. The highest BCUT2D eigenvalue weighted by Crippen LogP contribution is 2.62. The molecular formula is C23H30O5. The van der Waals surface area contributed by atoms with Crippen molar-refractivity contribution in [2.75, 3.05) is 7.11 Å². The van der Waals surface area contributed by atoms with E-state index >= 15 is 0 Å². The van der Waals surface area contributed by atoms with Crippen LogP contribution in [-0.4, -0.2) is 25.2 Å². The summed E-state index contributed by atoms with van der Waals surface area (Å²) in [7, 11) is 1.62. The molecule has 152 valence electrons. The van der Waals surface area contributed by atoms with Gasteiger partial charge in [-0.2, -0.15) is 0 Å². The maximum Gasteiger partial charge on any atom is 0.308 e. The molecule has 2 fully saturated rings. The summed E-state index contributed by atoms with van der Waals surface area (Å²) in [5.74, 6) is 2.35. The third-order valence-electron chi connectivity index (χ3n) is 7.48. The fourth-order valence-electron chi connectivity index (χ4n) is 6.32. The van der Waals surface area contributed by atoms with E-state index in [0.717, 1.165) is 38.5 Å². The first-order valence-electron chi connectivity index (χ1n) is 10.4. The summed E-state index contributed by atoms with van der Waals surface area (Å²) >= 11 is 0. The quantitative estimate of drug-likeness (QED) is 0.569. The van der Waals surface area contributed by atoms with Gasteiger partial charge in [-0.15, -0.1) is 0 Å². The third-order valence-corrected chi connectivity index (χ3v) is 7.48. The summed E-state index contributed by atoms with van der Waals surface area (Å²) in [6, 6.07) is 4.08. The zero-order valence-corrected chi connectivity index (χ0v) is 17.2. The first kappa shape index (κ1) is 19.3. The molecule has 0 bridgehead atoms. The number of carbonyl (C=O) groups is 2. The second-order valence-corrected chi connectivity index (χ2v) is 8.93. The van der Waals surface area contributed by atoms with Gasteiger partial charge < -0.3 is 14.2 Å². The van der Waals surface area contributed by atoms with Crippen molar-refractivity contribution < 1.29 is 23.8 Å². The number of hydrogen-bond acceptors (Lipinski definition) is 5. The fourth-order valence-corrected chi connectivity index (χ4v) is 6.32. The number of fused-ring (bicyclic) bond motifs is 5. The highest BCUT2D eigenvalue weighted by atomic mass is 16.6. The van der Waals surface area contributed by atoms with Gasteiger partial charge in [-0.05, 0) is 79.5 Å². The number of benzene rings is 1. The Bertz CT molecular complexity index is 800. The van der Waals surface area contributed by atoms with Crippen molar-refractivity contribution in [3.63, 3.8) is 0 Å². The molecule has 5 nitrogen and oxygen atoms in total. The largest absolute Gasteiger partial charge is 0.493 e. The lowest BCUT2D eigenvalue weighted by Gasteiger charge is -2.50. The molecule has 4 rings (SSSR count). The lowest BCUT2D eigenvalue weighted by Crippen LogP contribution is -2.45. The Balaban J connectivity index is 1.64. The number of hydrogen-bond donors (Lipinski definition) is 0. The molecule has 0 radical (unpaired) electrons. The number of carbonyl (C=O) groups excluding carboxylic acids is 2. The van der Waals surface area contributed by atoms with Gasteiger partial charge in [0.2, 0.25) is 0 Å². The van der Waals surface area contributed by atoms with Gasteiger partial charge in [0.25, 0.3) is 0 Å². The molecule has 1 aromatic carbocycles. The molecule has 0 aromatic heterocycles. The van der Waals surface area contributed by atoms with E-state index in [0.29, 0.717) is 29.3 Å². The summed E-state index contributed by atoms with van der Waals surface area (Å²) in [5, 5.41) is 0. The van der Waals surface area contributed by atoms with E-state index in [9.17, 15) is 9.59 Å². The van der Waals surface area contributed by atoms with Gasteiger partial charge in [0.1, 0.15) is 6.10 Å². The zero-order chi connectivity index (χ0) is 20.1. The normalized spacial score (nSPS) is 33.3. The molecule has 28 heavy (non-hydrogen) atoms. The molecule has 1 unspecified atom stereocenters. The van der Waals surface area contributed by atoms with Crippen molar-refractivity contribution in [3.8, 4) is 11.5 Å². The average molecular weight is 386 g/mol. The third kappa shape index (κ3) is 3.09. The highest BCUT2D eigenvalue weighted by molar-refractivity contribution is 5.71. The topological polar surface area (TPSA) is 61.8 Å². The van der Waals surface area contributed by atoms with Crippen molar-refractivity contribution in [1.29, 1.82) is 0 Å². The number of ether oxygens (including phenoxy) is 3. The van der Waals surface area contributed by atoms with Gasteiger partial charge in [-0.1, -0.05) is 6.92 Å². The minimum absolute atomic E-state index is 0.0539. The molecule has 5 heteroatoms. The Morgan fingerprint density at radius 1 is 1.04 bits per heavy atom. The summed E-state index contributed by atoms with van der Waals surface area (Å²) in [6.07, 6.45) is 6.45. The Morgan fingerprint density at radius 2 is 1.82 bits per heavy atom. The molecule has 0 amide bonds. The maximum absolute atomic E-state index is 11.6. The van der Waals surface area contributed by atoms with Crippen LogP contribution in [-0.2, 0) is 20.7 Å². The molecule has 3 aliphatic carbocycles. The van der Waals surface area contributed by atoms with E-state index in [1.165, 1.54) is 25.0 Å². The van der Waals surface area contributed by atoms with Crippen LogP contribution in [0, 0.1) is 17.3 Å². The second kappa shape index (κ2) is 7.09. The van der Waals surface area contributed by atoms with Crippen LogP contribution in [0.5, 0.6) is 11.5 Å². The molecule has 2 saturated carbocycles. The minimum Gasteiger partial charge on any atom is -0.493 e. The molecule has 5 atom stereocenters. The standard InChI is InChI=1S/C23H30O5/c1-13(24)27-21-11-15-5-6-17-16(18(15)12-20(21)26-4)9-10-23(3)19(17)7-8-22(23)28-14(2)25/h11-12,16-17,19,22H,5-10H2,1-4H3/t16-,17+,19-,22?,23-/m0/s1. The van der Waals surface area contributed by atoms with Gasteiger partial charge in [0, 0.05) is 19.3 Å². The molecule has 3 aliphatic rings. The van der Waals surface area contributed by atoms with Crippen LogP contribution >= 0.6 is 0 Å². The van der Waals surface area contributed by atoms with Gasteiger partial charge in [-0.25, -0.2) is 0 Å². The summed E-state index contributed by atoms with van der Waals surface area (Å²) in [5.41, 5.74) is 2.71. The number of methoxy groups -OCH3 is 1. The van der Waals surface area contributed by atoms with Crippen LogP contribution in [0.1, 0.15) is 69.9 Å². The van der Waals surface area contributed by atoms with E-state index < -0.39 is 0 Å². The molecular weight excluding hydrogens is 356 g/mol. The number of esters is 2. The molecule has 0 spiro atoms. The van der Waals surface area contributed by atoms with Crippen LogP contribution in [0.2, 0.25) is 0 Å². The van der Waals surface area contributed by atoms with Gasteiger partial charge in [-0.3, -0.25) is 9.59 Å². The van der Waals surface area contributed by atoms with Gasteiger partial charge >= 0.3 is 11.9 Å². The minimum atomic E-state index is -0.331. The van der Waals surface area contributed by atoms with Crippen molar-refractivity contribution in [2.24, 2.45) is 17.3 Å². The number of aryl methyl sites for hydroxylation is 1. The van der Waals surface area contributed by atoms with Crippen molar-refractivity contribution in [1.82, 2.24) is 0 Å². The summed E-state index contributed by atoms with van der Waals surface area (Å²) < 4.78 is 16.6. The fraction of sp³-hybridized carbons (Fsp3) is 0.652. The molecule has 0 saturated heterocycles. The smallest absolute Gasteiger partial charge is 0.308 e. The monoisotopic (exact) mass is 386 g/mol. The predicted molar refractivity (Wildman–Crippen MR) is 104 cm³/mol. The highest BCUT2D eigenvalue weighted by Gasteiger charge is 2.56. The van der Waals surface area contributed by atoms with Crippen LogP contribution in [0.4, 0.5) is 0 Å². The second-order valence-electron chi connectivity index (χ2n) is 8.93. The lowest BCUT2D eigenvalue weighted by molar-refractivity contribution is -0.154. The van der Waals surface area contributed by atoms with Crippen molar-refractivity contribution in [3.05, 3.63) is 23.3 Å². The summed E-state index contributed by atoms with van der Waals surface area (Å²) in [6.45, 7) is 5.26. The maximum atomic E-state index is 11.6. The molecule has 0 heterocycles. The van der Waals surface area contributed by atoms with Crippen LogP contribution in [0.25, 0.3) is 0 Å². The molecule has 1 aromatic rings. The Hall–Kier alpha value is -2.04. The first-order chi connectivity index (χ1) is 13.3. The SMILES string of the molecule is COc1cc2c(cc1OC(C)=O)CC[C@@H]1[C@@H]2CC[C@]2(C)C(OC(C)=O)CC[C@@H]12. The van der Waals surface area contributed by atoms with E-state index in [4.69, 9.17) is 14.2 Å². The van der Waals surface area contributed by atoms with E-state index in [-0.39, 0.29) is 23.5 Å².